The van der Waals surface area contributed by atoms with Crippen LogP contribution in [0.5, 0.6) is 0 Å². The van der Waals surface area contributed by atoms with E-state index < -0.39 is 0 Å². The molecule has 0 saturated carbocycles. The van der Waals surface area contributed by atoms with Gasteiger partial charge in [-0.15, -0.1) is 0 Å². The van der Waals surface area contributed by atoms with Crippen molar-refractivity contribution >= 4 is 64.6 Å². The van der Waals surface area contributed by atoms with Crippen LogP contribution in [0.2, 0.25) is 0 Å². The highest BCUT2D eigenvalue weighted by atomic mass is 16.4. The second-order valence-electron chi connectivity index (χ2n) is 24.4. The molecule has 6 nitrogen and oxygen atoms in total. The van der Waals surface area contributed by atoms with Crippen molar-refractivity contribution in [3.8, 4) is 136 Å². The number of fused-ring (bicyclic) bond motifs is 6. The Morgan fingerprint density at radius 3 is 0.417 bits per heavy atom. The Hall–Kier alpha value is -12.9. The maximum atomic E-state index is 7.59. The normalized spacial score (nSPS) is 11.8. The van der Waals surface area contributed by atoms with E-state index >= 15 is 0 Å². The molecule has 0 aliphatic heterocycles. The zero-order valence-electron chi connectivity index (χ0n) is 51.6. The van der Waals surface area contributed by atoms with E-state index in [-0.39, 0.29) is 0 Å². The Morgan fingerprint density at radius 1 is 0.115 bits per heavy atom. The van der Waals surface area contributed by atoms with E-state index in [0.717, 1.165) is 98.0 Å². The van der Waals surface area contributed by atoms with Crippen LogP contribution >= 0.6 is 0 Å². The fraction of sp³-hybridized carbons (Fsp3) is 0. The molecule has 0 saturated heterocycles. The van der Waals surface area contributed by atoms with E-state index in [4.69, 9.17) is 26.5 Å². The van der Waals surface area contributed by atoms with Gasteiger partial charge in [0.2, 0.25) is 0 Å². The minimum Gasteiger partial charge on any atom is -0.456 e. The van der Waals surface area contributed by atoms with Crippen LogP contribution in [0.15, 0.2) is 354 Å². The van der Waals surface area contributed by atoms with E-state index in [9.17, 15) is 0 Å². The molecule has 6 aromatic heterocycles. The molecule has 0 bridgehead atoms. The van der Waals surface area contributed by atoms with Gasteiger partial charge in [0, 0.05) is 66.8 Å². The van der Waals surface area contributed by atoms with Crippen LogP contribution in [-0.4, -0.2) is 0 Å². The maximum absolute atomic E-state index is 7.59. The molecule has 0 aliphatic carbocycles. The van der Waals surface area contributed by atoms with E-state index in [2.05, 4.69) is 328 Å². The number of rotatable bonds is 12. The highest BCUT2D eigenvalue weighted by Crippen LogP contribution is 2.59. The van der Waals surface area contributed by atoms with Crippen LogP contribution in [0.25, 0.3) is 201 Å². The third kappa shape index (κ3) is 9.10. The van der Waals surface area contributed by atoms with Crippen LogP contribution in [0.4, 0.5) is 0 Å². The predicted octanol–water partition coefficient (Wildman–Crippen LogP) is 26.2. The Labute approximate surface area is 551 Å². The minimum absolute atomic E-state index is 0.542. The lowest BCUT2D eigenvalue weighted by Gasteiger charge is -2.23. The first-order chi connectivity index (χ1) is 47.6. The van der Waals surface area contributed by atoms with Gasteiger partial charge in [-0.25, -0.2) is 0 Å². The van der Waals surface area contributed by atoms with Gasteiger partial charge in [0.1, 0.15) is 69.1 Å². The van der Waals surface area contributed by atoms with Crippen molar-refractivity contribution in [3.05, 3.63) is 328 Å². The quantitative estimate of drug-likeness (QED) is 0.121. The van der Waals surface area contributed by atoms with Gasteiger partial charge in [-0.05, 0) is 137 Å². The van der Waals surface area contributed by atoms with Crippen LogP contribution in [0.3, 0.4) is 0 Å². The number of furan rings is 6. The third-order valence-electron chi connectivity index (χ3n) is 18.9. The molecular weight excluding hydrogens is 1180 g/mol. The molecule has 450 valence electrons. The highest BCUT2D eigenvalue weighted by molar-refractivity contribution is 6.14. The summed E-state index contributed by atoms with van der Waals surface area (Å²) in [5.74, 6) is 7.31. The second kappa shape index (κ2) is 22.4. The second-order valence-corrected chi connectivity index (χ2v) is 24.4. The summed E-state index contributed by atoms with van der Waals surface area (Å²) in [5, 5.41) is 12.9. The molecule has 0 aliphatic rings. The molecule has 19 aromatic rings. The number of benzene rings is 13. The molecule has 0 unspecified atom stereocenters. The summed E-state index contributed by atoms with van der Waals surface area (Å²) in [6.07, 6.45) is 0. The molecule has 13 aromatic carbocycles. The van der Waals surface area contributed by atoms with Gasteiger partial charge in [0.15, 0.2) is 0 Å². The summed E-state index contributed by atoms with van der Waals surface area (Å²) in [6, 6.07) is 114. The van der Waals surface area contributed by atoms with Crippen molar-refractivity contribution in [3.63, 3.8) is 0 Å². The predicted molar refractivity (Wildman–Crippen MR) is 390 cm³/mol. The van der Waals surface area contributed by atoms with E-state index in [0.29, 0.717) is 103 Å². The summed E-state index contributed by atoms with van der Waals surface area (Å²) in [7, 11) is 0. The third-order valence-corrected chi connectivity index (χ3v) is 18.9. The molecule has 0 amide bonds. The molecular formula is C90H54O6. The fourth-order valence-electron chi connectivity index (χ4n) is 14.6. The van der Waals surface area contributed by atoms with Gasteiger partial charge in [-0.1, -0.05) is 255 Å². The Bertz CT molecular complexity index is 5210. The van der Waals surface area contributed by atoms with Crippen molar-refractivity contribution < 1.29 is 26.5 Å². The molecule has 0 fully saturated rings. The van der Waals surface area contributed by atoms with E-state index in [1.807, 2.05) is 0 Å². The van der Waals surface area contributed by atoms with Gasteiger partial charge in [-0.3, -0.25) is 0 Å². The van der Waals surface area contributed by atoms with E-state index in [1.54, 1.807) is 0 Å². The average molecular weight is 1230 g/mol. The number of hydrogen-bond acceptors (Lipinski definition) is 6. The Kier molecular flexibility index (Phi) is 12.8. The van der Waals surface area contributed by atoms with Crippen molar-refractivity contribution in [2.45, 2.75) is 0 Å². The smallest absolute Gasteiger partial charge is 0.136 e. The standard InChI is InChI=1S/C90H54O6/c1-7-31-61-55(19-1)25-13-37-67(61)73-43-49-79(91-73)85-86(80-50-44-74(92-80)68-38-14-26-56-20-2-8-32-62(56)68)88(82-52-46-76(94-82)70-40-16-28-58-22-4-10-34-64(58)70)90(84-54-48-78(96-84)72-42-18-30-60-24-6-12-36-66(60)72)89(83-53-47-77(95-83)71-41-17-29-59-23-5-11-35-65(59)71)87(85)81-51-45-75(93-81)69-39-15-27-57-21-3-9-33-63(57)69/h1-54H. The Morgan fingerprint density at radius 2 is 0.250 bits per heavy atom. The van der Waals surface area contributed by atoms with Gasteiger partial charge >= 0.3 is 0 Å². The Balaban J connectivity index is 0.993. The van der Waals surface area contributed by atoms with Gasteiger partial charge in [0.05, 0.1) is 0 Å². The molecule has 0 N–H and O–H groups in total. The van der Waals surface area contributed by atoms with Crippen LogP contribution in [0.1, 0.15) is 0 Å². The molecule has 0 spiro atoms. The minimum atomic E-state index is 0.542. The molecule has 6 heteroatoms. The summed E-state index contributed by atoms with van der Waals surface area (Å²) in [5.41, 5.74) is 9.67. The monoisotopic (exact) mass is 1230 g/mol. The van der Waals surface area contributed by atoms with Crippen molar-refractivity contribution in [2.75, 3.05) is 0 Å². The molecule has 19 rings (SSSR count). The lowest BCUT2D eigenvalue weighted by molar-refractivity contribution is 0.579. The summed E-state index contributed by atoms with van der Waals surface area (Å²) >= 11 is 0. The zero-order chi connectivity index (χ0) is 63.2. The van der Waals surface area contributed by atoms with Gasteiger partial charge in [0.25, 0.3) is 0 Å². The lowest BCUT2D eigenvalue weighted by Crippen LogP contribution is -2.00. The van der Waals surface area contributed by atoms with E-state index in [1.165, 1.54) is 0 Å². The van der Waals surface area contributed by atoms with Gasteiger partial charge < -0.3 is 26.5 Å². The van der Waals surface area contributed by atoms with Crippen LogP contribution < -0.4 is 0 Å². The van der Waals surface area contributed by atoms with Crippen molar-refractivity contribution in [1.82, 2.24) is 0 Å². The highest BCUT2D eigenvalue weighted by Gasteiger charge is 2.37. The van der Waals surface area contributed by atoms with Crippen molar-refractivity contribution in [2.24, 2.45) is 0 Å². The van der Waals surface area contributed by atoms with Crippen LogP contribution in [0, 0.1) is 0 Å². The molecule has 0 atom stereocenters. The summed E-state index contributed by atoms with van der Waals surface area (Å²) in [4.78, 5) is 0. The molecule has 96 heavy (non-hydrogen) atoms. The first-order valence-corrected chi connectivity index (χ1v) is 32.3. The van der Waals surface area contributed by atoms with Crippen molar-refractivity contribution in [1.29, 1.82) is 0 Å². The lowest BCUT2D eigenvalue weighted by atomic mass is 9.81. The fourth-order valence-corrected chi connectivity index (χ4v) is 14.6. The summed E-state index contributed by atoms with van der Waals surface area (Å²) in [6.45, 7) is 0. The topological polar surface area (TPSA) is 78.8 Å². The zero-order valence-corrected chi connectivity index (χ0v) is 51.6. The SMILES string of the molecule is c1ccc2c(-c3ccc(-c4c(-c5ccc(-c6cccc7ccccc67)o5)c(-c5ccc(-c6cccc7ccccc67)o5)c(-c5ccc(-c6cccc7ccccc67)o5)c(-c5ccc(-c6cccc7ccccc67)o5)c4-c4ccc(-c5cccc6ccccc56)o4)o3)cccc2c1. The molecule has 6 heterocycles. The van der Waals surface area contributed by atoms with Gasteiger partial charge in [-0.2, -0.15) is 0 Å². The molecule has 0 radical (unpaired) electrons. The first-order valence-electron chi connectivity index (χ1n) is 32.3. The average Bonchev–Trinajstić information content (AvgIpc) is 1.40. The maximum Gasteiger partial charge on any atom is 0.136 e. The first kappa shape index (κ1) is 54.8. The van der Waals surface area contributed by atoms with Crippen LogP contribution in [-0.2, 0) is 0 Å². The number of hydrogen-bond donors (Lipinski definition) is 0. The largest absolute Gasteiger partial charge is 0.456 e. The summed E-state index contributed by atoms with van der Waals surface area (Å²) < 4.78 is 45.6.